The van der Waals surface area contributed by atoms with Gasteiger partial charge in [0.2, 0.25) is 0 Å². The molecule has 122 valence electrons. The molecular weight excluding hydrogens is 282 g/mol. The largest absolute Gasteiger partial charge is 0.390 e. The second kappa shape index (κ2) is 5.94. The summed E-state index contributed by atoms with van der Waals surface area (Å²) in [6.45, 7) is 3.35. The van der Waals surface area contributed by atoms with Crippen molar-refractivity contribution in [2.45, 2.75) is 50.0 Å². The molecule has 3 saturated heterocycles. The van der Waals surface area contributed by atoms with Gasteiger partial charge in [-0.25, -0.2) is 0 Å². The number of nitrogens with zero attached hydrogens (tertiary/aromatic N) is 2. The number of aliphatic hydroxyl groups is 1. The standard InChI is InChI=1S/C16H25N3O3/c1-18-6-4-5-11(18)9-17-13-12-10-21-16(22-12)14(15(13)20)19-7-2-3-8-19/h4-6,12-17,20H,2-3,7-10H2,1H3/t12-,13-,14-,15+,16-/m1/s1. The molecule has 22 heavy (non-hydrogen) atoms. The van der Waals surface area contributed by atoms with Crippen LogP contribution in [0.4, 0.5) is 0 Å². The van der Waals surface area contributed by atoms with Crippen molar-refractivity contribution in [3.63, 3.8) is 0 Å². The first-order valence-corrected chi connectivity index (χ1v) is 8.27. The van der Waals surface area contributed by atoms with Gasteiger partial charge in [-0.2, -0.15) is 0 Å². The number of aryl methyl sites for hydroxylation is 1. The molecule has 3 aliphatic heterocycles. The highest BCUT2D eigenvalue weighted by Gasteiger charge is 2.52. The fourth-order valence-electron chi connectivity index (χ4n) is 3.98. The summed E-state index contributed by atoms with van der Waals surface area (Å²) in [5, 5.41) is 14.4. The van der Waals surface area contributed by atoms with Gasteiger partial charge in [-0.15, -0.1) is 0 Å². The van der Waals surface area contributed by atoms with Gasteiger partial charge in [0, 0.05) is 25.5 Å². The van der Waals surface area contributed by atoms with E-state index in [1.54, 1.807) is 0 Å². The van der Waals surface area contributed by atoms with E-state index in [2.05, 4.69) is 20.9 Å². The number of hydrogen-bond acceptors (Lipinski definition) is 5. The van der Waals surface area contributed by atoms with E-state index in [0.29, 0.717) is 6.61 Å². The highest BCUT2D eigenvalue weighted by atomic mass is 16.7. The van der Waals surface area contributed by atoms with E-state index in [0.717, 1.165) is 19.6 Å². The van der Waals surface area contributed by atoms with Gasteiger partial charge in [-0.1, -0.05) is 0 Å². The van der Waals surface area contributed by atoms with Crippen molar-refractivity contribution >= 4 is 0 Å². The van der Waals surface area contributed by atoms with Crippen molar-refractivity contribution in [1.82, 2.24) is 14.8 Å². The molecule has 0 spiro atoms. The molecule has 3 aliphatic rings. The SMILES string of the molecule is Cn1cccc1CN[C@H]1[C@H](O)[C@@H](N2CCCC2)[C@@H]2OC[C@H]1O2. The molecule has 1 aromatic rings. The summed E-state index contributed by atoms with van der Waals surface area (Å²) in [6.07, 6.45) is 3.64. The van der Waals surface area contributed by atoms with Crippen molar-refractivity contribution in [3.8, 4) is 0 Å². The number of hydrogen-bond donors (Lipinski definition) is 2. The van der Waals surface area contributed by atoms with Gasteiger partial charge in [-0.05, 0) is 38.1 Å². The summed E-state index contributed by atoms with van der Waals surface area (Å²) < 4.78 is 13.9. The summed E-state index contributed by atoms with van der Waals surface area (Å²) in [4.78, 5) is 2.33. The van der Waals surface area contributed by atoms with Crippen LogP contribution in [0.15, 0.2) is 18.3 Å². The molecule has 6 nitrogen and oxygen atoms in total. The fourth-order valence-corrected chi connectivity index (χ4v) is 3.98. The lowest BCUT2D eigenvalue weighted by atomic mass is 9.95. The lowest BCUT2D eigenvalue weighted by molar-refractivity contribution is -0.179. The third-order valence-electron chi connectivity index (χ3n) is 5.26. The Bertz CT molecular complexity index is 512. The van der Waals surface area contributed by atoms with E-state index >= 15 is 0 Å². The maximum atomic E-state index is 10.9. The van der Waals surface area contributed by atoms with Gasteiger partial charge < -0.3 is 24.5 Å². The van der Waals surface area contributed by atoms with E-state index in [1.807, 2.05) is 19.3 Å². The monoisotopic (exact) mass is 307 g/mol. The third-order valence-corrected chi connectivity index (χ3v) is 5.26. The predicted octanol–water partition coefficient (Wildman–Crippen LogP) is 0.0637. The van der Waals surface area contributed by atoms with E-state index in [9.17, 15) is 5.11 Å². The zero-order chi connectivity index (χ0) is 15.1. The molecule has 0 aliphatic carbocycles. The van der Waals surface area contributed by atoms with Crippen LogP contribution in [0.2, 0.25) is 0 Å². The van der Waals surface area contributed by atoms with Crippen LogP contribution in [0, 0.1) is 0 Å². The number of likely N-dealkylation sites (tertiary alicyclic amines) is 1. The number of aromatic nitrogens is 1. The molecule has 0 radical (unpaired) electrons. The van der Waals surface area contributed by atoms with Crippen LogP contribution in [-0.4, -0.2) is 64.9 Å². The molecule has 1 aromatic heterocycles. The molecule has 5 atom stereocenters. The first kappa shape index (κ1) is 14.7. The van der Waals surface area contributed by atoms with Crippen molar-refractivity contribution in [3.05, 3.63) is 24.0 Å². The molecule has 4 rings (SSSR count). The van der Waals surface area contributed by atoms with Gasteiger partial charge in [0.15, 0.2) is 6.29 Å². The second-order valence-corrected chi connectivity index (χ2v) is 6.62. The van der Waals surface area contributed by atoms with Crippen molar-refractivity contribution < 1.29 is 14.6 Å². The molecule has 0 amide bonds. The normalized spacial score (nSPS) is 38.7. The minimum absolute atomic E-state index is 0.0489. The Balaban J connectivity index is 1.47. The van der Waals surface area contributed by atoms with Crippen molar-refractivity contribution in [2.24, 2.45) is 7.05 Å². The topological polar surface area (TPSA) is 58.9 Å². The number of rotatable bonds is 4. The third kappa shape index (κ3) is 2.49. The molecule has 0 unspecified atom stereocenters. The summed E-state index contributed by atoms with van der Waals surface area (Å²) >= 11 is 0. The van der Waals surface area contributed by atoms with Gasteiger partial charge in [0.05, 0.1) is 24.8 Å². The number of fused-ring (bicyclic) bond motifs is 2. The van der Waals surface area contributed by atoms with E-state index in [4.69, 9.17) is 9.47 Å². The highest BCUT2D eigenvalue weighted by Crippen LogP contribution is 2.33. The second-order valence-electron chi connectivity index (χ2n) is 6.62. The number of aliphatic hydroxyl groups excluding tert-OH is 1. The smallest absolute Gasteiger partial charge is 0.176 e. The molecular formula is C16H25N3O3. The van der Waals surface area contributed by atoms with Gasteiger partial charge in [0.1, 0.15) is 6.10 Å². The summed E-state index contributed by atoms with van der Waals surface area (Å²) in [5.74, 6) is 0. The Hall–Kier alpha value is -0.920. The quantitative estimate of drug-likeness (QED) is 0.824. The first-order chi connectivity index (χ1) is 10.7. The van der Waals surface area contributed by atoms with E-state index in [-0.39, 0.29) is 24.5 Å². The highest BCUT2D eigenvalue weighted by molar-refractivity contribution is 5.08. The molecule has 0 saturated carbocycles. The summed E-state index contributed by atoms with van der Waals surface area (Å²) in [5.41, 5.74) is 1.20. The first-order valence-electron chi connectivity index (χ1n) is 8.27. The predicted molar refractivity (Wildman–Crippen MR) is 81.3 cm³/mol. The molecule has 4 heterocycles. The number of ether oxygens (including phenoxy) is 2. The van der Waals surface area contributed by atoms with Gasteiger partial charge >= 0.3 is 0 Å². The van der Waals surface area contributed by atoms with Gasteiger partial charge in [0.25, 0.3) is 0 Å². The maximum Gasteiger partial charge on any atom is 0.176 e. The average Bonchev–Trinajstić information content (AvgIpc) is 3.22. The minimum atomic E-state index is -0.454. The lowest BCUT2D eigenvalue weighted by Gasteiger charge is -2.42. The maximum absolute atomic E-state index is 10.9. The zero-order valence-electron chi connectivity index (χ0n) is 13.0. The van der Waals surface area contributed by atoms with Crippen molar-refractivity contribution in [2.75, 3.05) is 19.7 Å². The van der Waals surface area contributed by atoms with Crippen LogP contribution >= 0.6 is 0 Å². The fraction of sp³-hybridized carbons (Fsp3) is 0.750. The Morgan fingerprint density at radius 3 is 2.91 bits per heavy atom. The van der Waals surface area contributed by atoms with Crippen LogP contribution in [0.1, 0.15) is 18.5 Å². The molecule has 2 bridgehead atoms. The van der Waals surface area contributed by atoms with E-state index in [1.165, 1.54) is 18.5 Å². The minimum Gasteiger partial charge on any atom is -0.390 e. The molecule has 6 heteroatoms. The van der Waals surface area contributed by atoms with Crippen LogP contribution in [0.25, 0.3) is 0 Å². The van der Waals surface area contributed by atoms with Crippen molar-refractivity contribution in [1.29, 1.82) is 0 Å². The lowest BCUT2D eigenvalue weighted by Crippen LogP contribution is -2.64. The van der Waals surface area contributed by atoms with E-state index < -0.39 is 6.10 Å². The molecule has 3 fully saturated rings. The van der Waals surface area contributed by atoms with Crippen LogP contribution < -0.4 is 5.32 Å². The van der Waals surface area contributed by atoms with Gasteiger partial charge in [-0.3, -0.25) is 4.90 Å². The Morgan fingerprint density at radius 1 is 1.36 bits per heavy atom. The summed E-state index contributed by atoms with van der Waals surface area (Å²) in [7, 11) is 2.03. The Labute approximate surface area is 131 Å². The summed E-state index contributed by atoms with van der Waals surface area (Å²) in [6, 6.07) is 3.99. The Kier molecular flexibility index (Phi) is 3.96. The average molecular weight is 307 g/mol. The molecule has 2 N–H and O–H groups in total. The Morgan fingerprint density at radius 2 is 2.18 bits per heavy atom. The number of nitrogens with one attached hydrogen (secondary N) is 1. The van der Waals surface area contributed by atoms with Crippen LogP contribution in [0.5, 0.6) is 0 Å². The van der Waals surface area contributed by atoms with Crippen LogP contribution in [0.3, 0.4) is 0 Å². The zero-order valence-corrected chi connectivity index (χ0v) is 13.0. The van der Waals surface area contributed by atoms with Crippen LogP contribution in [-0.2, 0) is 23.1 Å². The molecule has 0 aromatic carbocycles.